The zero-order chi connectivity index (χ0) is 19.6. The Morgan fingerprint density at radius 1 is 1.26 bits per heavy atom. The number of rotatable bonds is 7. The van der Waals surface area contributed by atoms with Crippen LogP contribution >= 0.6 is 0 Å². The molecule has 27 heavy (non-hydrogen) atoms. The van der Waals surface area contributed by atoms with Crippen LogP contribution in [0.2, 0.25) is 0 Å². The van der Waals surface area contributed by atoms with Gasteiger partial charge in [0.2, 0.25) is 5.89 Å². The minimum absolute atomic E-state index is 0.0402. The molecule has 0 aliphatic rings. The number of aryl methyl sites for hydroxylation is 1. The van der Waals surface area contributed by atoms with Crippen molar-refractivity contribution in [3.63, 3.8) is 0 Å². The molecule has 0 amide bonds. The van der Waals surface area contributed by atoms with Gasteiger partial charge in [-0.1, -0.05) is 0 Å². The largest absolute Gasteiger partial charge is 0.437 e. The number of Topliss-reactive ketones (excluding diaryl/α,β-unsaturated/α-hetero) is 1. The summed E-state index contributed by atoms with van der Waals surface area (Å²) in [5.74, 6) is -1.35. The molecule has 0 saturated carbocycles. The maximum absolute atomic E-state index is 13.0. The fourth-order valence-corrected chi connectivity index (χ4v) is 2.95. The number of carbonyl (C=O) groups is 1. The van der Waals surface area contributed by atoms with Crippen LogP contribution < -0.4 is 5.76 Å². The smallest absolute Gasteiger partial charge is 0.388 e. The normalized spacial score (nSPS) is 11.1. The molecule has 0 bridgehead atoms. The number of benzene rings is 1. The highest BCUT2D eigenvalue weighted by molar-refractivity contribution is 5.97. The summed E-state index contributed by atoms with van der Waals surface area (Å²) in [7, 11) is 1.62. The molecule has 0 aliphatic heterocycles. The lowest BCUT2D eigenvalue weighted by Crippen LogP contribution is -2.22. The van der Waals surface area contributed by atoms with E-state index < -0.39 is 11.6 Å². The second-order valence-corrected chi connectivity index (χ2v) is 6.19. The third-order valence-corrected chi connectivity index (χ3v) is 4.38. The molecular formula is C19H20FN3O4. The molecule has 0 radical (unpaired) electrons. The van der Waals surface area contributed by atoms with Crippen molar-refractivity contribution < 1.29 is 18.3 Å². The lowest BCUT2D eigenvalue weighted by atomic mass is 10.1. The number of methoxy groups -OCH3 is 1. The van der Waals surface area contributed by atoms with Gasteiger partial charge in [-0.05, 0) is 44.2 Å². The Hall–Kier alpha value is -3.00. The summed E-state index contributed by atoms with van der Waals surface area (Å²) >= 11 is 0. The number of ether oxygens (including phenoxy) is 1. The fourth-order valence-electron chi connectivity index (χ4n) is 2.95. The standard InChI is InChI=1S/C19H20FN3O4/c1-12-10-16(13(2)22(12)8-9-26-3)17(24)11-23-19(25)27-18(21-23)14-4-6-15(20)7-5-14/h4-7,10H,8-9,11H2,1-3H3. The van der Waals surface area contributed by atoms with E-state index in [0.29, 0.717) is 24.3 Å². The Bertz CT molecular complexity index is 1010. The van der Waals surface area contributed by atoms with E-state index >= 15 is 0 Å². The Morgan fingerprint density at radius 2 is 1.96 bits per heavy atom. The van der Waals surface area contributed by atoms with Crippen molar-refractivity contribution in [2.24, 2.45) is 0 Å². The zero-order valence-electron chi connectivity index (χ0n) is 15.4. The molecular weight excluding hydrogens is 353 g/mol. The van der Waals surface area contributed by atoms with Crippen LogP contribution in [0.25, 0.3) is 11.5 Å². The molecule has 3 rings (SSSR count). The van der Waals surface area contributed by atoms with Crippen LogP contribution in [-0.2, 0) is 17.8 Å². The van der Waals surface area contributed by atoms with Crippen LogP contribution in [0.4, 0.5) is 4.39 Å². The van der Waals surface area contributed by atoms with Crippen LogP contribution in [0.15, 0.2) is 39.5 Å². The highest BCUT2D eigenvalue weighted by atomic mass is 19.1. The van der Waals surface area contributed by atoms with E-state index in [2.05, 4.69) is 5.10 Å². The van der Waals surface area contributed by atoms with Crippen LogP contribution in [0.3, 0.4) is 0 Å². The Kier molecular flexibility index (Phi) is 5.36. The number of aromatic nitrogens is 3. The molecule has 3 aromatic rings. The third kappa shape index (κ3) is 3.90. The summed E-state index contributed by atoms with van der Waals surface area (Å²) in [6, 6.07) is 7.19. The number of hydrogen-bond acceptors (Lipinski definition) is 5. The predicted octanol–water partition coefficient (Wildman–Crippen LogP) is 2.59. The summed E-state index contributed by atoms with van der Waals surface area (Å²) in [5.41, 5.74) is 2.73. The van der Waals surface area contributed by atoms with Crippen molar-refractivity contribution in [2.45, 2.75) is 26.9 Å². The maximum atomic E-state index is 13.0. The molecule has 0 unspecified atom stereocenters. The SMILES string of the molecule is COCCn1c(C)cc(C(=O)Cn2nc(-c3ccc(F)cc3)oc2=O)c1C. The Morgan fingerprint density at radius 3 is 2.63 bits per heavy atom. The summed E-state index contributed by atoms with van der Waals surface area (Å²) in [6.07, 6.45) is 0. The molecule has 7 nitrogen and oxygen atoms in total. The summed E-state index contributed by atoms with van der Waals surface area (Å²) in [4.78, 5) is 24.7. The minimum atomic E-state index is -0.740. The van der Waals surface area contributed by atoms with Crippen molar-refractivity contribution in [3.8, 4) is 11.5 Å². The first-order chi connectivity index (χ1) is 12.9. The molecule has 2 aromatic heterocycles. The summed E-state index contributed by atoms with van der Waals surface area (Å²) in [5, 5.41) is 4.05. The van der Waals surface area contributed by atoms with Crippen LogP contribution in [0.1, 0.15) is 21.7 Å². The second kappa shape index (κ2) is 7.71. The molecule has 0 atom stereocenters. The number of halogens is 1. The molecule has 1 aromatic carbocycles. The van der Waals surface area contributed by atoms with Gasteiger partial charge in [0, 0.05) is 36.2 Å². The van der Waals surface area contributed by atoms with Gasteiger partial charge in [0.15, 0.2) is 5.78 Å². The van der Waals surface area contributed by atoms with Crippen LogP contribution in [0.5, 0.6) is 0 Å². The first kappa shape index (κ1) is 18.8. The van der Waals surface area contributed by atoms with E-state index in [1.54, 1.807) is 13.2 Å². The lowest BCUT2D eigenvalue weighted by Gasteiger charge is -2.08. The van der Waals surface area contributed by atoms with Crippen molar-refractivity contribution in [3.05, 3.63) is 63.7 Å². The van der Waals surface area contributed by atoms with Gasteiger partial charge < -0.3 is 13.7 Å². The number of carbonyl (C=O) groups excluding carboxylic acids is 1. The van der Waals surface area contributed by atoms with Gasteiger partial charge in [0.25, 0.3) is 0 Å². The van der Waals surface area contributed by atoms with Crippen molar-refractivity contribution >= 4 is 5.78 Å². The maximum Gasteiger partial charge on any atom is 0.437 e. The van der Waals surface area contributed by atoms with E-state index in [0.717, 1.165) is 16.1 Å². The van der Waals surface area contributed by atoms with Crippen molar-refractivity contribution in [1.82, 2.24) is 14.3 Å². The lowest BCUT2D eigenvalue weighted by molar-refractivity contribution is 0.0964. The highest BCUT2D eigenvalue weighted by Gasteiger charge is 2.19. The topological polar surface area (TPSA) is 79.3 Å². The zero-order valence-corrected chi connectivity index (χ0v) is 15.4. The number of nitrogens with zero attached hydrogens (tertiary/aromatic N) is 3. The molecule has 0 N–H and O–H groups in total. The summed E-state index contributed by atoms with van der Waals surface area (Å²) in [6.45, 7) is 4.70. The van der Waals surface area contributed by atoms with E-state index in [-0.39, 0.29) is 18.2 Å². The molecule has 0 spiro atoms. The van der Waals surface area contributed by atoms with Crippen LogP contribution in [-0.4, -0.2) is 33.8 Å². The van der Waals surface area contributed by atoms with Crippen molar-refractivity contribution in [2.75, 3.05) is 13.7 Å². The van der Waals surface area contributed by atoms with Gasteiger partial charge in [-0.25, -0.2) is 9.18 Å². The first-order valence-corrected chi connectivity index (χ1v) is 8.43. The predicted molar refractivity (Wildman–Crippen MR) is 96.3 cm³/mol. The van der Waals surface area contributed by atoms with Gasteiger partial charge in [0.1, 0.15) is 12.4 Å². The third-order valence-electron chi connectivity index (χ3n) is 4.38. The number of hydrogen-bond donors (Lipinski definition) is 0. The molecule has 0 aliphatic carbocycles. The second-order valence-electron chi connectivity index (χ2n) is 6.19. The van der Waals surface area contributed by atoms with Crippen LogP contribution in [0, 0.1) is 19.7 Å². The van der Waals surface area contributed by atoms with Crippen molar-refractivity contribution in [1.29, 1.82) is 0 Å². The first-order valence-electron chi connectivity index (χ1n) is 8.43. The molecule has 0 saturated heterocycles. The van der Waals surface area contributed by atoms with Gasteiger partial charge in [-0.3, -0.25) is 4.79 Å². The highest BCUT2D eigenvalue weighted by Crippen LogP contribution is 2.18. The van der Waals surface area contributed by atoms with E-state index in [1.165, 1.54) is 24.3 Å². The molecule has 2 heterocycles. The molecule has 0 fully saturated rings. The quantitative estimate of drug-likeness (QED) is 0.595. The van der Waals surface area contributed by atoms with Gasteiger partial charge in [0.05, 0.1) is 6.61 Å². The minimum Gasteiger partial charge on any atom is -0.388 e. The Balaban J connectivity index is 1.83. The van der Waals surface area contributed by atoms with Gasteiger partial charge >= 0.3 is 5.76 Å². The van der Waals surface area contributed by atoms with Gasteiger partial charge in [-0.2, -0.15) is 4.68 Å². The average molecular weight is 373 g/mol. The monoisotopic (exact) mass is 373 g/mol. The van der Waals surface area contributed by atoms with E-state index in [4.69, 9.17) is 9.15 Å². The average Bonchev–Trinajstić information content (AvgIpc) is 3.14. The molecule has 8 heteroatoms. The van der Waals surface area contributed by atoms with E-state index in [9.17, 15) is 14.0 Å². The summed E-state index contributed by atoms with van der Waals surface area (Å²) < 4.78 is 26.2. The van der Waals surface area contributed by atoms with E-state index in [1.807, 2.05) is 18.4 Å². The Labute approximate surface area is 155 Å². The molecule has 142 valence electrons. The fraction of sp³-hybridized carbons (Fsp3) is 0.316. The van der Waals surface area contributed by atoms with Gasteiger partial charge in [-0.15, -0.1) is 5.10 Å². The number of ketones is 1.